The van der Waals surface area contributed by atoms with Gasteiger partial charge in [0.05, 0.1) is 0 Å². The third-order valence-corrected chi connectivity index (χ3v) is 59.5. The molecule has 2 rings (SSSR count). The van der Waals surface area contributed by atoms with E-state index in [4.69, 9.17) is 0 Å². The van der Waals surface area contributed by atoms with E-state index in [1.54, 1.807) is 26.6 Å². The molecule has 51 heavy (non-hydrogen) atoms. The van der Waals surface area contributed by atoms with Crippen molar-refractivity contribution in [3.63, 3.8) is 0 Å². The number of rotatable bonds is 32. The predicted octanol–water partition coefficient (Wildman–Crippen LogP) is 14.5. The summed E-state index contributed by atoms with van der Waals surface area (Å²) in [6, 6.07) is 22.3. The number of benzene rings is 2. The van der Waals surface area contributed by atoms with Gasteiger partial charge in [0.25, 0.3) is 0 Å². The Hall–Kier alpha value is 0.836. The number of hydrogen-bond acceptors (Lipinski definition) is 0. The van der Waals surface area contributed by atoms with E-state index in [2.05, 4.69) is 104 Å². The van der Waals surface area contributed by atoms with Gasteiger partial charge in [-0.3, -0.25) is 0 Å². The van der Waals surface area contributed by atoms with E-state index in [1.807, 2.05) is 14.3 Å². The first-order valence-corrected chi connectivity index (χ1v) is 45.0. The Morgan fingerprint density at radius 3 is 0.725 bits per heavy atom. The zero-order valence-corrected chi connectivity index (χ0v) is 44.5. The summed E-state index contributed by atoms with van der Waals surface area (Å²) in [4.78, 5) is 0. The van der Waals surface area contributed by atoms with Crippen LogP contribution in [0.5, 0.6) is 0 Å². The van der Waals surface area contributed by atoms with Crippen LogP contribution in [-0.2, 0) is 0 Å². The molecule has 292 valence electrons. The third kappa shape index (κ3) is 15.4. The molecule has 0 saturated heterocycles. The van der Waals surface area contributed by atoms with Crippen LogP contribution in [-0.4, -0.2) is 55.1 Å². The van der Waals surface area contributed by atoms with Gasteiger partial charge in [0, 0.05) is 0 Å². The van der Waals surface area contributed by atoms with Crippen LogP contribution in [0.25, 0.3) is 0 Å². The van der Waals surface area contributed by atoms with Gasteiger partial charge >= 0.3 is 337 Å². The molecule has 0 aromatic heterocycles. The number of unbranched alkanes of at least 4 members (excludes halogenated alkanes) is 12. The van der Waals surface area contributed by atoms with E-state index < -0.39 is 55.1 Å². The summed E-state index contributed by atoms with van der Waals surface area (Å²) in [6.45, 7) is 19.3. The minimum absolute atomic E-state index is 1.34. The van der Waals surface area contributed by atoms with E-state index in [9.17, 15) is 0 Å². The van der Waals surface area contributed by atoms with Crippen molar-refractivity contribution in [1.29, 1.82) is 0 Å². The summed E-state index contributed by atoms with van der Waals surface area (Å²) in [7, 11) is 0. The van der Waals surface area contributed by atoms with Crippen molar-refractivity contribution in [2.45, 2.75) is 219 Å². The summed E-state index contributed by atoms with van der Waals surface area (Å²) in [5.41, 5.74) is 0. The SMILES string of the molecule is CCCCC[CH2][Sn]([CH2]CCCCC)([c]1cc[c]([Sn]([CH2]CCC)([CH2]CCC)[CH2]CCC)cc1)[c]1cc[c]([Sn]([CH2]CCC)([CH2]CCC)[CH2]CCC)cc1. The average Bonchev–Trinajstić information content (AvgIpc) is 3.17. The van der Waals surface area contributed by atoms with Crippen molar-refractivity contribution in [1.82, 2.24) is 0 Å². The quantitative estimate of drug-likeness (QED) is 0.0506. The van der Waals surface area contributed by atoms with Gasteiger partial charge in [0.1, 0.15) is 0 Å². The zero-order chi connectivity index (χ0) is 37.3. The fourth-order valence-electron chi connectivity index (χ4n) is 9.57. The molecule has 0 spiro atoms. The maximum atomic E-state index is 2.79. The van der Waals surface area contributed by atoms with Gasteiger partial charge in [-0.2, -0.15) is 0 Å². The van der Waals surface area contributed by atoms with E-state index in [1.165, 1.54) is 137 Å². The molecule has 0 atom stereocenters. The molecule has 0 aliphatic carbocycles. The summed E-state index contributed by atoms with van der Waals surface area (Å²) in [5.74, 6) is 0. The Bertz CT molecular complexity index is 971. The molecule has 0 heterocycles. The molecule has 0 N–H and O–H groups in total. The topological polar surface area (TPSA) is 0 Å². The van der Waals surface area contributed by atoms with E-state index in [0.717, 1.165) is 0 Å². The molecule has 3 heteroatoms. The van der Waals surface area contributed by atoms with Crippen molar-refractivity contribution in [2.24, 2.45) is 0 Å². The van der Waals surface area contributed by atoms with Crippen LogP contribution in [0.15, 0.2) is 48.5 Å². The first-order valence-electron chi connectivity index (χ1n) is 23.1. The third-order valence-electron chi connectivity index (χ3n) is 13.1. The van der Waals surface area contributed by atoms with Gasteiger partial charge in [-0.15, -0.1) is 0 Å². The Morgan fingerprint density at radius 1 is 0.255 bits per heavy atom. The second-order valence-electron chi connectivity index (χ2n) is 17.0. The number of hydrogen-bond donors (Lipinski definition) is 0. The van der Waals surface area contributed by atoms with Crippen molar-refractivity contribution < 1.29 is 0 Å². The van der Waals surface area contributed by atoms with Gasteiger partial charge in [-0.25, -0.2) is 0 Å². The first-order chi connectivity index (χ1) is 24.9. The normalized spacial score (nSPS) is 12.5. The molecule has 0 amide bonds. The van der Waals surface area contributed by atoms with Crippen LogP contribution < -0.4 is 14.3 Å². The van der Waals surface area contributed by atoms with Gasteiger partial charge in [0.2, 0.25) is 0 Å². The molecular formula is C48H88Sn3. The molecule has 0 bridgehead atoms. The van der Waals surface area contributed by atoms with E-state index in [0.29, 0.717) is 0 Å². The summed E-state index contributed by atoms with van der Waals surface area (Å²) in [5, 5.41) is 0. The standard InChI is InChI=1S/2C6H4.2C6H13.6C4H9.3Sn/c2*1-2-4-6-5-3-1;2*1-3-5-6-4-2;6*1-3-4-2;;;/h2*1-2,5-6H;2*1,3-6H2,2H3;6*1,3-4H2,2H3;;;. The van der Waals surface area contributed by atoms with Crippen molar-refractivity contribution in [2.75, 3.05) is 0 Å². The van der Waals surface area contributed by atoms with Crippen molar-refractivity contribution in [3.05, 3.63) is 48.5 Å². The fourth-order valence-corrected chi connectivity index (χ4v) is 55.9. The fraction of sp³-hybridized carbons (Fsp3) is 0.750. The Labute approximate surface area is 333 Å². The Kier molecular flexibility index (Phi) is 26.6. The minimum atomic E-state index is -2.97. The van der Waals surface area contributed by atoms with Gasteiger partial charge < -0.3 is 0 Å². The van der Waals surface area contributed by atoms with Crippen LogP contribution in [0.4, 0.5) is 0 Å². The van der Waals surface area contributed by atoms with Gasteiger partial charge in [-0.05, 0) is 0 Å². The molecule has 0 aliphatic heterocycles. The van der Waals surface area contributed by atoms with Crippen LogP contribution >= 0.6 is 0 Å². The second-order valence-corrected chi connectivity index (χ2v) is 55.8. The van der Waals surface area contributed by atoms with Gasteiger partial charge in [-0.1, -0.05) is 0 Å². The van der Waals surface area contributed by atoms with Crippen LogP contribution in [0.2, 0.25) is 35.5 Å². The Balaban J connectivity index is 2.75. The molecule has 2 aromatic carbocycles. The average molecular weight is 1020 g/mol. The van der Waals surface area contributed by atoms with Crippen LogP contribution in [0.3, 0.4) is 0 Å². The first kappa shape index (κ1) is 48.0. The van der Waals surface area contributed by atoms with Crippen molar-refractivity contribution >= 4 is 69.4 Å². The molecule has 0 radical (unpaired) electrons. The molecule has 2 aromatic rings. The predicted molar refractivity (Wildman–Crippen MR) is 245 cm³/mol. The maximum absolute atomic E-state index is 2.97. The molecular weight excluding hydrogens is 933 g/mol. The summed E-state index contributed by atoms with van der Waals surface area (Å²) in [6.07, 6.45) is 28.1. The molecule has 0 unspecified atom stereocenters. The summed E-state index contributed by atoms with van der Waals surface area (Å²) < 4.78 is 20.0. The van der Waals surface area contributed by atoms with E-state index >= 15 is 0 Å². The molecule has 0 fully saturated rings. The van der Waals surface area contributed by atoms with Crippen LogP contribution in [0.1, 0.15) is 184 Å². The molecule has 0 saturated carbocycles. The van der Waals surface area contributed by atoms with E-state index in [-0.39, 0.29) is 0 Å². The van der Waals surface area contributed by atoms with Crippen molar-refractivity contribution in [3.8, 4) is 0 Å². The molecule has 0 nitrogen and oxygen atoms in total. The summed E-state index contributed by atoms with van der Waals surface area (Å²) >= 11 is -7.88. The Morgan fingerprint density at radius 2 is 0.490 bits per heavy atom. The monoisotopic (exact) mass is 1020 g/mol. The van der Waals surface area contributed by atoms with Gasteiger partial charge in [0.15, 0.2) is 0 Å². The zero-order valence-electron chi connectivity index (χ0n) is 35.9. The second kappa shape index (κ2) is 28.3. The van der Waals surface area contributed by atoms with Crippen LogP contribution in [0, 0.1) is 0 Å². The molecule has 0 aliphatic rings.